The molecular formula is C32H52N21NaO6S4. The molecule has 0 atom stereocenters. The van der Waals surface area contributed by atoms with Gasteiger partial charge in [-0.2, -0.15) is 10.4 Å². The fraction of sp³-hybridized carbons (Fsp3) is 0.312. The SMILES string of the molecule is CN(C)CCn1[nH]nnc1=S.N=C(N)N.NC(N)=O.NC(N)=S.O=C1CCCCN1.O=C1NCCN1.O=S(=O)([O-])c1cccc(-n2[nH]nnc2=S)c1.[Na+].c1ccc(-c2ncc[nH]2)cc1. The third kappa shape index (κ3) is 31.8. The van der Waals surface area contributed by atoms with Crippen molar-refractivity contribution in [3.63, 3.8) is 0 Å². The normalized spacial score (nSPS) is 11.8. The van der Waals surface area contributed by atoms with Gasteiger partial charge < -0.3 is 64.8 Å². The molecule has 0 unspecified atom stereocenters. The molecule has 346 valence electrons. The van der Waals surface area contributed by atoms with Crippen molar-refractivity contribution >= 4 is 75.8 Å². The van der Waals surface area contributed by atoms with Gasteiger partial charge in [0.2, 0.25) is 15.4 Å². The van der Waals surface area contributed by atoms with E-state index in [1.165, 1.54) is 22.9 Å². The number of thiocarbonyl (C=S) groups is 1. The Morgan fingerprint density at radius 3 is 1.81 bits per heavy atom. The molecule has 64 heavy (non-hydrogen) atoms. The molecule has 5 amide bonds. The number of imidazole rings is 1. The third-order valence-corrected chi connectivity index (χ3v) is 7.93. The number of carbonyl (C=O) groups excluding carboxylic acids is 3. The van der Waals surface area contributed by atoms with Gasteiger partial charge in [0.1, 0.15) is 15.9 Å². The zero-order valence-corrected chi connectivity index (χ0v) is 40.4. The number of carbonyl (C=O) groups is 3. The van der Waals surface area contributed by atoms with Gasteiger partial charge in [-0.3, -0.25) is 10.2 Å². The first kappa shape index (κ1) is 60.2. The minimum absolute atomic E-state index is 0. The molecule has 0 bridgehead atoms. The van der Waals surface area contributed by atoms with E-state index in [0.29, 0.717) is 10.5 Å². The number of aromatic amines is 3. The number of benzene rings is 2. The Morgan fingerprint density at radius 2 is 1.44 bits per heavy atom. The number of nitrogens with two attached hydrogens (primary N) is 6. The summed E-state index contributed by atoms with van der Waals surface area (Å²) in [6.07, 6.45) is 6.54. The van der Waals surface area contributed by atoms with Crippen molar-refractivity contribution in [1.29, 1.82) is 5.41 Å². The number of nitrogens with one attached hydrogen (secondary N) is 7. The minimum atomic E-state index is -4.48. The van der Waals surface area contributed by atoms with E-state index >= 15 is 0 Å². The molecule has 5 aromatic rings. The number of likely N-dealkylation sites (N-methyl/N-ethyl adjacent to an activating group) is 1. The Kier molecular flexibility index (Phi) is 32.5. The largest absolute Gasteiger partial charge is 1.00 e. The topological polar surface area (TPSA) is 449 Å². The van der Waals surface area contributed by atoms with Gasteiger partial charge in [-0.1, -0.05) is 57.0 Å². The maximum atomic E-state index is 10.8. The van der Waals surface area contributed by atoms with Crippen molar-refractivity contribution in [1.82, 2.24) is 71.2 Å². The molecule has 2 fully saturated rings. The summed E-state index contributed by atoms with van der Waals surface area (Å²) < 4.78 is 36.1. The van der Waals surface area contributed by atoms with Crippen molar-refractivity contribution in [2.24, 2.45) is 34.4 Å². The third-order valence-electron chi connectivity index (χ3n) is 6.53. The van der Waals surface area contributed by atoms with Crippen molar-refractivity contribution in [3.05, 3.63) is 76.5 Å². The molecule has 2 saturated heterocycles. The second-order valence-corrected chi connectivity index (χ2v) is 14.5. The van der Waals surface area contributed by atoms with E-state index in [2.05, 4.69) is 108 Å². The van der Waals surface area contributed by atoms with Gasteiger partial charge in [-0.05, 0) is 81.8 Å². The second kappa shape index (κ2) is 34.5. The Bertz CT molecular complexity index is 2270. The van der Waals surface area contributed by atoms with E-state index in [0.717, 1.165) is 63.4 Å². The number of hydrogen-bond acceptors (Lipinski definition) is 16. The number of tetrazole rings is 2. The standard InChI is InChI=1S/C9H8N2.C7H6N4O3S2.C5H11N5S.C5H9NO.C3H6N2O.CH5N3.CH4N2O.CH4N2S.Na/c1-2-4-8(5-3-1)9-10-6-7-11-9;12-16(13,14)6-3-1-2-5(4-6)11-7(15)8-9-10-11;1-9(2)3-4-10-5(11)6-7-8-10;7-5-3-1-2-4-6-5;6-3-4-1-2-5-3;3*2-1(3)4;/h1-7H,(H,10,11);1-4H,(H,8,10,15)(H,12,13,14);3-4H2,1-2H3,(H,6,8,11);1-4H2,(H,6,7);1-2H2,(H2,4,5,6);(H5,2,3,4);2*(H4,2,3,4);/q;;;;;;;;+1/p-1. The molecule has 0 spiro atoms. The number of hydrogen-bond donors (Lipinski definition) is 13. The Labute approximate surface area is 405 Å². The minimum Gasteiger partial charge on any atom is -0.744 e. The average molecular weight is 978 g/mol. The van der Waals surface area contributed by atoms with Crippen LogP contribution in [0.3, 0.4) is 0 Å². The van der Waals surface area contributed by atoms with E-state index in [4.69, 9.17) is 34.6 Å². The zero-order valence-electron chi connectivity index (χ0n) is 35.1. The number of urea groups is 2. The van der Waals surface area contributed by atoms with Gasteiger partial charge in [0, 0.05) is 50.6 Å². The monoisotopic (exact) mass is 977 g/mol. The number of H-pyrrole nitrogens is 3. The molecule has 0 aliphatic carbocycles. The molecule has 27 nitrogen and oxygen atoms in total. The molecule has 0 saturated carbocycles. The van der Waals surface area contributed by atoms with Gasteiger partial charge in [0.25, 0.3) is 0 Å². The van der Waals surface area contributed by atoms with Crippen LogP contribution in [0.5, 0.6) is 0 Å². The van der Waals surface area contributed by atoms with E-state index in [-0.39, 0.29) is 62.2 Å². The number of aromatic nitrogens is 10. The van der Waals surface area contributed by atoms with Crippen molar-refractivity contribution in [3.8, 4) is 17.1 Å². The van der Waals surface area contributed by atoms with Gasteiger partial charge in [0.05, 0.1) is 17.1 Å². The molecule has 3 aromatic heterocycles. The van der Waals surface area contributed by atoms with E-state index in [1.807, 2.05) is 50.6 Å². The van der Waals surface area contributed by atoms with Crippen LogP contribution in [0.1, 0.15) is 19.3 Å². The number of nitrogens with zero attached hydrogens (tertiary/aromatic N) is 8. The molecule has 32 heteroatoms. The Morgan fingerprint density at radius 1 is 0.875 bits per heavy atom. The van der Waals surface area contributed by atoms with E-state index in [1.54, 1.807) is 16.9 Å². The summed E-state index contributed by atoms with van der Waals surface area (Å²) in [5.74, 6) is 0.803. The van der Waals surface area contributed by atoms with Crippen LogP contribution >= 0.6 is 36.7 Å². The van der Waals surface area contributed by atoms with Crippen LogP contribution in [0.25, 0.3) is 17.1 Å². The van der Waals surface area contributed by atoms with Gasteiger partial charge >= 0.3 is 41.6 Å². The van der Waals surface area contributed by atoms with Crippen molar-refractivity contribution < 1.29 is 56.9 Å². The zero-order chi connectivity index (χ0) is 47.8. The number of rotatable bonds is 6. The Balaban J connectivity index is 0. The maximum absolute atomic E-state index is 10.8. The number of piperidine rings is 1. The molecule has 2 aromatic carbocycles. The molecule has 19 N–H and O–H groups in total. The number of amides is 5. The quantitative estimate of drug-likeness (QED) is 0.0252. The van der Waals surface area contributed by atoms with Crippen LogP contribution in [-0.2, 0) is 21.5 Å². The average Bonchev–Trinajstić information content (AvgIpc) is 4.06. The van der Waals surface area contributed by atoms with Crippen LogP contribution in [0.4, 0.5) is 9.59 Å². The summed E-state index contributed by atoms with van der Waals surface area (Å²) in [5.41, 5.74) is 28.2. The van der Waals surface area contributed by atoms with E-state index in [9.17, 15) is 22.6 Å². The number of primary amides is 2. The summed E-state index contributed by atoms with van der Waals surface area (Å²) in [5, 5.41) is 33.3. The van der Waals surface area contributed by atoms with Gasteiger partial charge in [-0.15, -0.1) is 0 Å². The molecular weight excluding hydrogens is 926 g/mol. The molecule has 2 aliphatic rings. The smallest absolute Gasteiger partial charge is 0.744 e. The summed E-state index contributed by atoms with van der Waals surface area (Å²) in [6.45, 7) is 4.17. The summed E-state index contributed by atoms with van der Waals surface area (Å²) in [7, 11) is -0.467. The fourth-order valence-electron chi connectivity index (χ4n) is 3.97. The van der Waals surface area contributed by atoms with Crippen LogP contribution < -0.4 is 79.9 Å². The summed E-state index contributed by atoms with van der Waals surface area (Å²) >= 11 is 13.8. The Hall–Kier alpha value is -5.93. The fourth-order valence-corrected chi connectivity index (χ4v) is 4.84. The molecule has 7 rings (SSSR count). The predicted molar refractivity (Wildman–Crippen MR) is 241 cm³/mol. The summed E-state index contributed by atoms with van der Waals surface area (Å²) in [6, 6.07) is 14.6. The van der Waals surface area contributed by atoms with Crippen molar-refractivity contribution in [2.75, 3.05) is 40.3 Å². The first-order chi connectivity index (χ1) is 29.6. The van der Waals surface area contributed by atoms with Crippen LogP contribution in [0.2, 0.25) is 0 Å². The van der Waals surface area contributed by atoms with Gasteiger partial charge in [0.15, 0.2) is 11.1 Å². The van der Waals surface area contributed by atoms with Crippen LogP contribution in [0, 0.1) is 15.0 Å². The predicted octanol–water partition coefficient (Wildman–Crippen LogP) is -4.16. The van der Waals surface area contributed by atoms with E-state index < -0.39 is 16.1 Å². The molecule has 5 heterocycles. The summed E-state index contributed by atoms with van der Waals surface area (Å²) in [4.78, 5) is 38.3. The number of guanidine groups is 1. The van der Waals surface area contributed by atoms with Crippen LogP contribution in [-0.4, -0.2) is 138 Å². The van der Waals surface area contributed by atoms with Crippen molar-refractivity contribution in [2.45, 2.75) is 30.7 Å². The second-order valence-electron chi connectivity index (χ2n) is 12.0. The van der Waals surface area contributed by atoms with Crippen LogP contribution in [0.15, 0.2) is 71.9 Å². The first-order valence-electron chi connectivity index (χ1n) is 17.9. The molecule has 0 radical (unpaired) electrons. The maximum Gasteiger partial charge on any atom is 1.00 e. The van der Waals surface area contributed by atoms with Gasteiger partial charge in [-0.25, -0.2) is 32.4 Å². The molecule has 2 aliphatic heterocycles. The first-order valence-corrected chi connectivity index (χ1v) is 20.5.